The van der Waals surface area contributed by atoms with Crippen molar-refractivity contribution in [3.63, 3.8) is 0 Å². The van der Waals surface area contributed by atoms with Gasteiger partial charge in [0.1, 0.15) is 16.5 Å². The Morgan fingerprint density at radius 3 is 2.67 bits per heavy atom. The monoisotopic (exact) mass is 438 g/mol. The number of carbonyl (C=O) groups excluding carboxylic acids is 1. The fourth-order valence-corrected chi connectivity index (χ4v) is 6.56. The van der Waals surface area contributed by atoms with Crippen LogP contribution in [0.3, 0.4) is 0 Å². The molecule has 1 aliphatic heterocycles. The number of aryl methyl sites for hydroxylation is 2. The summed E-state index contributed by atoms with van der Waals surface area (Å²) in [4.78, 5) is 27.9. The van der Waals surface area contributed by atoms with E-state index in [1.165, 1.54) is 33.6 Å². The Kier molecular flexibility index (Phi) is 5.65. The Morgan fingerprint density at radius 2 is 1.90 bits per heavy atom. The molecule has 1 saturated heterocycles. The normalized spacial score (nSPS) is 17.3. The van der Waals surface area contributed by atoms with Crippen molar-refractivity contribution in [2.75, 3.05) is 18.0 Å². The van der Waals surface area contributed by atoms with Gasteiger partial charge in [0.25, 0.3) is 0 Å². The zero-order valence-electron chi connectivity index (χ0n) is 17.0. The second kappa shape index (κ2) is 8.55. The summed E-state index contributed by atoms with van der Waals surface area (Å²) in [6.45, 7) is 1.66. The third-order valence-corrected chi connectivity index (χ3v) is 8.34. The van der Waals surface area contributed by atoms with Crippen molar-refractivity contribution in [2.24, 2.45) is 11.7 Å². The first-order valence-electron chi connectivity index (χ1n) is 10.7. The summed E-state index contributed by atoms with van der Waals surface area (Å²) in [5.41, 5.74) is 7.02. The van der Waals surface area contributed by atoms with Gasteiger partial charge >= 0.3 is 0 Å². The minimum atomic E-state index is -0.171. The Bertz CT molecular complexity index is 1060. The second-order valence-electron chi connectivity index (χ2n) is 8.12. The molecule has 0 spiro atoms. The van der Waals surface area contributed by atoms with E-state index in [1.54, 1.807) is 11.8 Å². The molecule has 1 aliphatic carbocycles. The van der Waals surface area contributed by atoms with Gasteiger partial charge in [0, 0.05) is 28.8 Å². The predicted octanol–water partition coefficient (Wildman–Crippen LogP) is 4.56. The van der Waals surface area contributed by atoms with E-state index in [1.807, 2.05) is 17.4 Å². The molecule has 1 fully saturated rings. The summed E-state index contributed by atoms with van der Waals surface area (Å²) >= 11 is 3.63. The summed E-state index contributed by atoms with van der Waals surface area (Å²) in [6, 6.07) is 10.4. The molecule has 5 nitrogen and oxygen atoms in total. The van der Waals surface area contributed by atoms with Crippen LogP contribution in [0.15, 0.2) is 35.2 Å². The number of carbonyl (C=O) groups is 1. The van der Waals surface area contributed by atoms with Crippen molar-refractivity contribution in [1.29, 1.82) is 0 Å². The number of nitrogens with two attached hydrogens (primary N) is 1. The fourth-order valence-electron chi connectivity index (χ4n) is 4.51. The molecule has 2 aromatic heterocycles. The first kappa shape index (κ1) is 19.8. The number of rotatable bonds is 5. The Labute approximate surface area is 185 Å². The van der Waals surface area contributed by atoms with Crippen LogP contribution >= 0.6 is 23.1 Å². The van der Waals surface area contributed by atoms with E-state index in [9.17, 15) is 4.79 Å². The van der Waals surface area contributed by atoms with E-state index < -0.39 is 0 Å². The molecule has 3 heterocycles. The third-order valence-electron chi connectivity index (χ3n) is 6.15. The average Bonchev–Trinajstić information content (AvgIpc) is 3.16. The molecule has 30 heavy (non-hydrogen) atoms. The van der Waals surface area contributed by atoms with Gasteiger partial charge in [-0.2, -0.15) is 0 Å². The van der Waals surface area contributed by atoms with Gasteiger partial charge in [-0.15, -0.1) is 23.1 Å². The van der Waals surface area contributed by atoms with Gasteiger partial charge in [0.15, 0.2) is 0 Å². The van der Waals surface area contributed by atoms with Crippen molar-refractivity contribution in [1.82, 2.24) is 9.97 Å². The number of hydrogen-bond donors (Lipinski definition) is 1. The van der Waals surface area contributed by atoms with E-state index >= 15 is 0 Å². The van der Waals surface area contributed by atoms with Gasteiger partial charge in [-0.1, -0.05) is 18.2 Å². The highest BCUT2D eigenvalue weighted by atomic mass is 32.2. The molecule has 5 rings (SSSR count). The molecular weight excluding hydrogens is 412 g/mol. The summed E-state index contributed by atoms with van der Waals surface area (Å²) in [6.07, 6.45) is 6.41. The molecule has 1 aromatic carbocycles. The summed E-state index contributed by atoms with van der Waals surface area (Å²) in [5.74, 6) is 2.54. The highest BCUT2D eigenvalue weighted by Gasteiger charge is 2.28. The van der Waals surface area contributed by atoms with Gasteiger partial charge in [-0.25, -0.2) is 9.97 Å². The van der Waals surface area contributed by atoms with Crippen molar-refractivity contribution in [3.05, 3.63) is 46.6 Å². The summed E-state index contributed by atoms with van der Waals surface area (Å²) in [7, 11) is 0. The lowest BCUT2D eigenvalue weighted by Crippen LogP contribution is -2.39. The van der Waals surface area contributed by atoms with Crippen LogP contribution in [-0.2, 0) is 23.4 Å². The maximum absolute atomic E-state index is 11.6. The van der Waals surface area contributed by atoms with Crippen LogP contribution in [-0.4, -0.2) is 29.0 Å². The topological polar surface area (TPSA) is 72.1 Å². The van der Waals surface area contributed by atoms with Crippen LogP contribution < -0.4 is 10.6 Å². The van der Waals surface area contributed by atoms with Crippen LogP contribution in [0.5, 0.6) is 0 Å². The minimum absolute atomic E-state index is 0.0110. The second-order valence-corrected chi connectivity index (χ2v) is 10.3. The first-order chi connectivity index (χ1) is 14.7. The highest BCUT2D eigenvalue weighted by Crippen LogP contribution is 2.41. The van der Waals surface area contributed by atoms with Crippen LogP contribution in [0, 0.1) is 5.92 Å². The maximum atomic E-state index is 11.6. The van der Waals surface area contributed by atoms with E-state index in [0.717, 1.165) is 61.0 Å². The molecule has 2 aliphatic rings. The number of piperidine rings is 1. The van der Waals surface area contributed by atoms with Gasteiger partial charge in [0.05, 0.1) is 11.1 Å². The molecule has 1 amide bonds. The summed E-state index contributed by atoms with van der Waals surface area (Å²) < 4.78 is 0. The molecule has 0 saturated carbocycles. The lowest BCUT2D eigenvalue weighted by molar-refractivity contribution is -0.122. The lowest BCUT2D eigenvalue weighted by Gasteiger charge is -2.32. The molecule has 2 N–H and O–H groups in total. The molecule has 0 atom stereocenters. The molecule has 156 valence electrons. The first-order valence-corrected chi connectivity index (χ1v) is 12.5. The molecule has 3 aromatic rings. The Hall–Kier alpha value is -2.12. The molecule has 0 radical (unpaired) electrons. The van der Waals surface area contributed by atoms with Crippen molar-refractivity contribution >= 4 is 45.0 Å². The number of fused-ring (bicyclic) bond motifs is 3. The number of nitrogens with zero attached hydrogens (tertiary/aromatic N) is 3. The number of hydrogen-bond acceptors (Lipinski definition) is 6. The fraction of sp³-hybridized carbons (Fsp3) is 0.435. The van der Waals surface area contributed by atoms with Crippen molar-refractivity contribution in [2.45, 2.75) is 49.2 Å². The van der Waals surface area contributed by atoms with Crippen LogP contribution in [0.4, 0.5) is 5.82 Å². The molecule has 7 heteroatoms. The quantitative estimate of drug-likeness (QED) is 0.591. The zero-order chi connectivity index (χ0) is 20.5. The van der Waals surface area contributed by atoms with Crippen LogP contribution in [0.2, 0.25) is 0 Å². The lowest BCUT2D eigenvalue weighted by atomic mass is 9.94. The van der Waals surface area contributed by atoms with Gasteiger partial charge < -0.3 is 10.6 Å². The minimum Gasteiger partial charge on any atom is -0.369 e. The molecule has 0 bridgehead atoms. The van der Waals surface area contributed by atoms with E-state index in [0.29, 0.717) is 0 Å². The molecule has 0 unspecified atom stereocenters. The number of benzene rings is 1. The smallest absolute Gasteiger partial charge is 0.220 e. The Balaban J connectivity index is 1.49. The van der Waals surface area contributed by atoms with E-state index in [-0.39, 0.29) is 11.8 Å². The average molecular weight is 439 g/mol. The zero-order valence-corrected chi connectivity index (χ0v) is 18.6. The predicted molar refractivity (Wildman–Crippen MR) is 124 cm³/mol. The maximum Gasteiger partial charge on any atom is 0.220 e. The van der Waals surface area contributed by atoms with E-state index in [4.69, 9.17) is 15.7 Å². The standard InChI is InChI=1S/C23H26N4OS2/c24-21(28)15-10-12-27(13-11-15)22-20-17-8-4-5-9-18(17)30-23(20)26-19(25-22)14-29-16-6-2-1-3-7-16/h1-3,6-7,15H,4-5,8-14H2,(H2,24,28). The number of anilines is 1. The third kappa shape index (κ3) is 3.93. The van der Waals surface area contributed by atoms with Gasteiger partial charge in [-0.3, -0.25) is 4.79 Å². The van der Waals surface area contributed by atoms with Gasteiger partial charge in [-0.05, 0) is 56.2 Å². The van der Waals surface area contributed by atoms with E-state index in [2.05, 4.69) is 29.2 Å². The largest absolute Gasteiger partial charge is 0.369 e. The summed E-state index contributed by atoms with van der Waals surface area (Å²) in [5, 5.41) is 1.26. The highest BCUT2D eigenvalue weighted by molar-refractivity contribution is 7.98. The van der Waals surface area contributed by atoms with Crippen LogP contribution in [0.25, 0.3) is 10.2 Å². The Morgan fingerprint density at radius 1 is 1.13 bits per heavy atom. The van der Waals surface area contributed by atoms with Crippen LogP contribution in [0.1, 0.15) is 41.9 Å². The number of thiophene rings is 1. The van der Waals surface area contributed by atoms with Crippen molar-refractivity contribution in [3.8, 4) is 0 Å². The number of thioether (sulfide) groups is 1. The van der Waals surface area contributed by atoms with Crippen molar-refractivity contribution < 1.29 is 4.79 Å². The SMILES string of the molecule is NC(=O)C1CCN(c2nc(CSc3ccccc3)nc3sc4c(c23)CCCC4)CC1. The number of amides is 1. The number of aromatic nitrogens is 2. The number of primary amides is 1. The van der Waals surface area contributed by atoms with Gasteiger partial charge in [0.2, 0.25) is 5.91 Å². The molecular formula is C23H26N4OS2.